The van der Waals surface area contributed by atoms with Crippen LogP contribution in [0.3, 0.4) is 0 Å². The number of nitrogens with one attached hydrogen (secondary N) is 2. The fraction of sp³-hybridized carbons (Fsp3) is 0.263. The van der Waals surface area contributed by atoms with Crippen LogP contribution in [0.4, 0.5) is 5.69 Å². The Morgan fingerprint density at radius 3 is 2.72 bits per heavy atom. The Hall–Kier alpha value is -2.70. The minimum atomic E-state index is -0.410. The van der Waals surface area contributed by atoms with Crippen LogP contribution < -0.4 is 10.8 Å². The monoisotopic (exact) mass is 340 g/mol. The number of ether oxygens (including phenoxy) is 1. The van der Waals surface area contributed by atoms with Gasteiger partial charge in [-0.1, -0.05) is 36.4 Å². The van der Waals surface area contributed by atoms with Gasteiger partial charge >= 0.3 is 0 Å². The lowest BCUT2D eigenvalue weighted by atomic mass is 10.1. The fourth-order valence-electron chi connectivity index (χ4n) is 2.56. The highest BCUT2D eigenvalue weighted by atomic mass is 16.6. The van der Waals surface area contributed by atoms with Crippen LogP contribution in [0.5, 0.6) is 0 Å². The van der Waals surface area contributed by atoms with Gasteiger partial charge in [-0.25, -0.2) is 5.48 Å². The number of carbonyl (C=O) groups excluding carboxylic acids is 2. The summed E-state index contributed by atoms with van der Waals surface area (Å²) in [6, 6.07) is 16.2. The van der Waals surface area contributed by atoms with E-state index in [4.69, 9.17) is 9.57 Å². The fourth-order valence-corrected chi connectivity index (χ4v) is 2.56. The van der Waals surface area contributed by atoms with Crippen LogP contribution in [0.15, 0.2) is 54.6 Å². The number of amides is 2. The van der Waals surface area contributed by atoms with Gasteiger partial charge in [-0.15, -0.1) is 0 Å². The average Bonchev–Trinajstić information content (AvgIpc) is 3.18. The maximum Gasteiger partial charge on any atom is 0.274 e. The van der Waals surface area contributed by atoms with Crippen LogP contribution in [0, 0.1) is 0 Å². The molecule has 3 rings (SSSR count). The van der Waals surface area contributed by atoms with E-state index < -0.39 is 6.10 Å². The Labute approximate surface area is 146 Å². The molecule has 1 heterocycles. The molecule has 2 N–H and O–H groups in total. The van der Waals surface area contributed by atoms with Crippen LogP contribution in [-0.2, 0) is 21.0 Å². The molecule has 1 saturated heterocycles. The first-order valence-electron chi connectivity index (χ1n) is 8.21. The van der Waals surface area contributed by atoms with Crippen LogP contribution in [0.25, 0.3) is 0 Å². The first-order valence-corrected chi connectivity index (χ1v) is 8.21. The van der Waals surface area contributed by atoms with Gasteiger partial charge in [0.1, 0.15) is 6.10 Å². The van der Waals surface area contributed by atoms with Crippen LogP contribution in [-0.4, -0.2) is 24.5 Å². The first kappa shape index (κ1) is 17.1. The summed E-state index contributed by atoms with van der Waals surface area (Å²) in [6.45, 7) is 0.890. The number of hydroxylamine groups is 1. The zero-order chi connectivity index (χ0) is 17.5. The Morgan fingerprint density at radius 2 is 1.96 bits per heavy atom. The van der Waals surface area contributed by atoms with Crippen LogP contribution in [0.2, 0.25) is 0 Å². The van der Waals surface area contributed by atoms with E-state index in [-0.39, 0.29) is 18.4 Å². The summed E-state index contributed by atoms with van der Waals surface area (Å²) in [7, 11) is 0. The third kappa shape index (κ3) is 4.89. The molecule has 0 unspecified atom stereocenters. The number of benzene rings is 2. The van der Waals surface area contributed by atoms with Gasteiger partial charge in [-0.05, 0) is 36.6 Å². The highest BCUT2D eigenvalue weighted by Gasteiger charge is 2.23. The van der Waals surface area contributed by atoms with Crippen molar-refractivity contribution in [2.75, 3.05) is 11.9 Å². The Kier molecular flexibility index (Phi) is 5.77. The number of carbonyl (C=O) groups is 2. The summed E-state index contributed by atoms with van der Waals surface area (Å²) in [5, 5.41) is 2.78. The van der Waals surface area contributed by atoms with Crippen molar-refractivity contribution in [2.45, 2.75) is 25.6 Å². The molecule has 0 aliphatic carbocycles. The molecule has 2 amide bonds. The van der Waals surface area contributed by atoms with Gasteiger partial charge in [0, 0.05) is 17.9 Å². The average molecular weight is 340 g/mol. The predicted molar refractivity (Wildman–Crippen MR) is 92.7 cm³/mol. The zero-order valence-corrected chi connectivity index (χ0v) is 13.7. The van der Waals surface area contributed by atoms with Crippen molar-refractivity contribution in [1.29, 1.82) is 0 Å². The molecular weight excluding hydrogens is 320 g/mol. The van der Waals surface area contributed by atoms with Crippen molar-refractivity contribution < 1.29 is 19.2 Å². The maximum absolute atomic E-state index is 12.2. The molecule has 6 heteroatoms. The quantitative estimate of drug-likeness (QED) is 0.793. The highest BCUT2D eigenvalue weighted by Crippen LogP contribution is 2.16. The molecule has 25 heavy (non-hydrogen) atoms. The number of hydrogen-bond donors (Lipinski definition) is 2. The smallest absolute Gasteiger partial charge is 0.274 e. The van der Waals surface area contributed by atoms with E-state index in [9.17, 15) is 9.59 Å². The van der Waals surface area contributed by atoms with Gasteiger partial charge in [0.15, 0.2) is 0 Å². The van der Waals surface area contributed by atoms with Gasteiger partial charge in [0.05, 0.1) is 6.61 Å². The molecule has 1 aliphatic rings. The summed E-state index contributed by atoms with van der Waals surface area (Å²) in [5.41, 5.74) is 4.32. The zero-order valence-electron chi connectivity index (χ0n) is 13.7. The predicted octanol–water partition coefficient (Wildman–Crippen LogP) is 2.67. The Balaban J connectivity index is 1.53. The van der Waals surface area contributed by atoms with E-state index in [2.05, 4.69) is 10.8 Å². The van der Waals surface area contributed by atoms with E-state index in [1.165, 1.54) is 0 Å². The van der Waals surface area contributed by atoms with E-state index >= 15 is 0 Å². The molecule has 0 saturated carbocycles. The maximum atomic E-state index is 12.2. The van der Waals surface area contributed by atoms with Crippen molar-refractivity contribution in [1.82, 2.24) is 5.48 Å². The van der Waals surface area contributed by atoms with E-state index in [0.717, 1.165) is 18.4 Å². The van der Waals surface area contributed by atoms with E-state index in [1.54, 1.807) is 24.3 Å². The number of anilines is 1. The van der Waals surface area contributed by atoms with Gasteiger partial charge in [-0.3, -0.25) is 14.4 Å². The molecule has 1 atom stereocenters. The Morgan fingerprint density at radius 1 is 1.12 bits per heavy atom. The molecule has 6 nitrogen and oxygen atoms in total. The summed E-state index contributed by atoms with van der Waals surface area (Å²) in [4.78, 5) is 29.5. The molecule has 0 spiro atoms. The molecular formula is C19H20N2O4. The largest absolute Gasteiger partial charge is 0.368 e. The molecule has 0 bridgehead atoms. The van der Waals surface area contributed by atoms with E-state index in [1.807, 2.05) is 30.3 Å². The standard InChI is InChI=1S/C19H20N2O4/c22-18(21-25-13-14-6-2-1-3-7-14)15-8-4-9-16(12-15)20-19(23)17-10-5-11-24-17/h1-4,6-9,12,17H,5,10-11,13H2,(H,20,23)(H,21,22)/t17-/m0/s1. The molecule has 0 radical (unpaired) electrons. The lowest BCUT2D eigenvalue weighted by molar-refractivity contribution is -0.124. The Bertz CT molecular complexity index is 727. The third-order valence-corrected chi connectivity index (χ3v) is 3.86. The molecule has 1 fully saturated rings. The van der Waals surface area contributed by atoms with Crippen molar-refractivity contribution >= 4 is 17.5 Å². The van der Waals surface area contributed by atoms with Gasteiger partial charge in [0.25, 0.3) is 11.8 Å². The van der Waals surface area contributed by atoms with Gasteiger partial charge in [-0.2, -0.15) is 0 Å². The molecule has 0 aromatic heterocycles. The van der Waals surface area contributed by atoms with E-state index in [0.29, 0.717) is 17.9 Å². The summed E-state index contributed by atoms with van der Waals surface area (Å²) < 4.78 is 5.35. The van der Waals surface area contributed by atoms with Crippen LogP contribution >= 0.6 is 0 Å². The SMILES string of the molecule is O=C(NOCc1ccccc1)c1cccc(NC(=O)[C@@H]2CCCO2)c1. The topological polar surface area (TPSA) is 76.7 Å². The van der Waals surface area contributed by atoms with Crippen molar-refractivity contribution in [2.24, 2.45) is 0 Å². The minimum Gasteiger partial charge on any atom is -0.368 e. The molecule has 1 aliphatic heterocycles. The van der Waals surface area contributed by atoms with Crippen molar-refractivity contribution in [3.05, 3.63) is 65.7 Å². The van der Waals surface area contributed by atoms with Gasteiger partial charge in [0.2, 0.25) is 0 Å². The van der Waals surface area contributed by atoms with Gasteiger partial charge < -0.3 is 10.1 Å². The third-order valence-electron chi connectivity index (χ3n) is 3.86. The highest BCUT2D eigenvalue weighted by molar-refractivity contribution is 5.98. The second-order valence-corrected chi connectivity index (χ2v) is 5.78. The lowest BCUT2D eigenvalue weighted by Gasteiger charge is -2.11. The summed E-state index contributed by atoms with van der Waals surface area (Å²) >= 11 is 0. The van der Waals surface area contributed by atoms with Crippen molar-refractivity contribution in [3.8, 4) is 0 Å². The second-order valence-electron chi connectivity index (χ2n) is 5.78. The summed E-state index contributed by atoms with van der Waals surface area (Å²) in [6.07, 6.45) is 1.20. The normalized spacial score (nSPS) is 16.4. The van der Waals surface area contributed by atoms with Crippen LogP contribution in [0.1, 0.15) is 28.8 Å². The minimum absolute atomic E-state index is 0.185. The number of hydrogen-bond acceptors (Lipinski definition) is 4. The molecule has 2 aromatic rings. The number of rotatable bonds is 6. The summed E-state index contributed by atoms with van der Waals surface area (Å²) in [5.74, 6) is -0.556. The molecule has 130 valence electrons. The molecule has 2 aromatic carbocycles. The second kappa shape index (κ2) is 8.41. The first-order chi connectivity index (χ1) is 12.2. The van der Waals surface area contributed by atoms with Crippen molar-refractivity contribution in [3.63, 3.8) is 0 Å². The lowest BCUT2D eigenvalue weighted by Crippen LogP contribution is -2.27.